The molecule has 5 nitrogen and oxygen atoms in total. The highest BCUT2D eigenvalue weighted by Crippen LogP contribution is 2.18. The van der Waals surface area contributed by atoms with E-state index in [1.807, 2.05) is 24.3 Å². The van der Waals surface area contributed by atoms with Gasteiger partial charge in [-0.05, 0) is 41.3 Å². The molecule has 0 atom stereocenters. The van der Waals surface area contributed by atoms with Crippen LogP contribution in [0.5, 0.6) is 0 Å². The molecule has 0 saturated carbocycles. The van der Waals surface area contributed by atoms with Gasteiger partial charge in [0.2, 0.25) is 5.89 Å². The van der Waals surface area contributed by atoms with Crippen molar-refractivity contribution in [2.45, 2.75) is 19.6 Å². The van der Waals surface area contributed by atoms with E-state index in [2.05, 4.69) is 38.8 Å². The van der Waals surface area contributed by atoms with Crippen molar-refractivity contribution >= 4 is 22.9 Å². The number of amides is 1. The van der Waals surface area contributed by atoms with Crippen molar-refractivity contribution < 1.29 is 13.6 Å². The first-order valence-electron chi connectivity index (χ1n) is 9.46. The van der Waals surface area contributed by atoms with E-state index in [0.29, 0.717) is 18.1 Å². The quantitative estimate of drug-likeness (QED) is 0.418. The van der Waals surface area contributed by atoms with Crippen molar-refractivity contribution in [2.75, 3.05) is 5.32 Å². The average Bonchev–Trinajstić information content (AvgIpc) is 3.43. The largest absolute Gasteiger partial charge is 0.447 e. The lowest BCUT2D eigenvalue weighted by atomic mass is 10.2. The number of hydrogen-bond acceptors (Lipinski definition) is 5. The van der Waals surface area contributed by atoms with Crippen molar-refractivity contribution in [2.24, 2.45) is 0 Å². The third-order valence-corrected chi connectivity index (χ3v) is 5.32. The summed E-state index contributed by atoms with van der Waals surface area (Å²) in [4.78, 5) is 20.2. The molecule has 0 saturated heterocycles. The first-order valence-corrected chi connectivity index (χ1v) is 10.3. The zero-order valence-corrected chi connectivity index (χ0v) is 16.9. The Kier molecular flexibility index (Phi) is 6.32. The zero-order valence-electron chi connectivity index (χ0n) is 16.1. The molecule has 0 aliphatic heterocycles. The van der Waals surface area contributed by atoms with Crippen molar-refractivity contribution in [3.8, 4) is 0 Å². The highest BCUT2D eigenvalue weighted by molar-refractivity contribution is 7.09. The molecule has 1 N–H and O–H groups in total. The van der Waals surface area contributed by atoms with Crippen LogP contribution in [0, 0.1) is 5.82 Å². The lowest BCUT2D eigenvalue weighted by Crippen LogP contribution is -2.22. The molecule has 7 heteroatoms. The van der Waals surface area contributed by atoms with Crippen LogP contribution in [-0.2, 0) is 19.6 Å². The summed E-state index contributed by atoms with van der Waals surface area (Å²) in [7, 11) is 0. The number of hydrogen-bond donors (Lipinski definition) is 1. The number of thiophene rings is 1. The van der Waals surface area contributed by atoms with Crippen LogP contribution in [0.4, 0.5) is 10.1 Å². The van der Waals surface area contributed by atoms with Gasteiger partial charge in [0.25, 0.3) is 5.91 Å². The van der Waals surface area contributed by atoms with Gasteiger partial charge in [-0.25, -0.2) is 9.37 Å². The number of aromatic nitrogens is 1. The van der Waals surface area contributed by atoms with E-state index in [4.69, 9.17) is 4.42 Å². The minimum Gasteiger partial charge on any atom is -0.447 e. The van der Waals surface area contributed by atoms with E-state index in [9.17, 15) is 9.18 Å². The van der Waals surface area contributed by atoms with Gasteiger partial charge in [0.05, 0.1) is 6.54 Å². The minimum absolute atomic E-state index is 0.185. The molecule has 0 aliphatic rings. The fraction of sp³-hybridized carbons (Fsp3) is 0.130. The minimum atomic E-state index is -0.399. The van der Waals surface area contributed by atoms with Crippen molar-refractivity contribution in [1.82, 2.24) is 9.88 Å². The molecule has 0 bridgehead atoms. The summed E-state index contributed by atoms with van der Waals surface area (Å²) < 4.78 is 18.6. The van der Waals surface area contributed by atoms with Crippen LogP contribution in [0.1, 0.15) is 26.8 Å². The normalized spacial score (nSPS) is 11.0. The second-order valence-electron chi connectivity index (χ2n) is 6.80. The number of rotatable bonds is 8. The SMILES string of the molecule is O=C(Nc1ccc(F)cc1)c1coc(CN(Cc2ccccc2)Cc2cccs2)n1. The summed E-state index contributed by atoms with van der Waals surface area (Å²) in [6.45, 7) is 1.96. The molecule has 2 aromatic carbocycles. The van der Waals surface area contributed by atoms with E-state index in [-0.39, 0.29) is 11.5 Å². The number of anilines is 1. The monoisotopic (exact) mass is 421 g/mol. The van der Waals surface area contributed by atoms with Crippen LogP contribution in [0.3, 0.4) is 0 Å². The van der Waals surface area contributed by atoms with E-state index in [1.165, 1.54) is 41.0 Å². The third kappa shape index (κ3) is 5.40. The lowest BCUT2D eigenvalue weighted by molar-refractivity contribution is 0.102. The summed E-state index contributed by atoms with van der Waals surface area (Å²) in [5.41, 5.74) is 1.87. The Bertz CT molecular complexity index is 1080. The topological polar surface area (TPSA) is 58.4 Å². The molecule has 4 aromatic rings. The summed E-state index contributed by atoms with van der Waals surface area (Å²) in [6.07, 6.45) is 1.35. The lowest BCUT2D eigenvalue weighted by Gasteiger charge is -2.20. The Hall–Kier alpha value is -3.29. The van der Waals surface area contributed by atoms with Crippen LogP contribution in [0.2, 0.25) is 0 Å². The van der Waals surface area contributed by atoms with E-state index in [0.717, 1.165) is 13.1 Å². The van der Waals surface area contributed by atoms with Gasteiger partial charge in [-0.1, -0.05) is 36.4 Å². The fourth-order valence-electron chi connectivity index (χ4n) is 3.04. The Balaban J connectivity index is 1.44. The molecular weight excluding hydrogens is 401 g/mol. The molecule has 0 aliphatic carbocycles. The number of halogens is 1. The van der Waals surface area contributed by atoms with E-state index < -0.39 is 5.91 Å². The predicted molar refractivity (Wildman–Crippen MR) is 115 cm³/mol. The molecule has 30 heavy (non-hydrogen) atoms. The van der Waals surface area contributed by atoms with Gasteiger partial charge >= 0.3 is 0 Å². The Morgan fingerprint density at radius 1 is 1.00 bits per heavy atom. The number of benzene rings is 2. The number of oxazole rings is 1. The van der Waals surface area contributed by atoms with Crippen molar-refractivity contribution in [3.63, 3.8) is 0 Å². The summed E-state index contributed by atoms with van der Waals surface area (Å²) in [6, 6.07) is 19.9. The molecular formula is C23H20FN3O2S. The van der Waals surface area contributed by atoms with Gasteiger partial charge in [-0.2, -0.15) is 0 Å². The van der Waals surface area contributed by atoms with Crippen LogP contribution in [0.25, 0.3) is 0 Å². The van der Waals surface area contributed by atoms with Crippen LogP contribution in [0.15, 0.2) is 82.8 Å². The van der Waals surface area contributed by atoms with E-state index >= 15 is 0 Å². The zero-order chi connectivity index (χ0) is 20.8. The standard InChI is InChI=1S/C23H20FN3O2S/c24-18-8-10-19(11-9-18)25-23(28)21-16-29-22(26-21)15-27(14-20-7-4-12-30-20)13-17-5-2-1-3-6-17/h1-12,16H,13-15H2,(H,25,28). The average molecular weight is 421 g/mol. The maximum absolute atomic E-state index is 13.0. The summed E-state index contributed by atoms with van der Waals surface area (Å²) >= 11 is 1.70. The highest BCUT2D eigenvalue weighted by Gasteiger charge is 2.16. The number of carbonyl (C=O) groups is 1. The van der Waals surface area contributed by atoms with Gasteiger partial charge in [0.15, 0.2) is 5.69 Å². The molecule has 2 heterocycles. The van der Waals surface area contributed by atoms with Gasteiger partial charge in [-0.15, -0.1) is 11.3 Å². The molecule has 2 aromatic heterocycles. The number of nitrogens with zero attached hydrogens (tertiary/aromatic N) is 2. The maximum Gasteiger partial charge on any atom is 0.277 e. The second kappa shape index (κ2) is 9.47. The highest BCUT2D eigenvalue weighted by atomic mass is 32.1. The molecule has 0 spiro atoms. The molecule has 0 unspecified atom stereocenters. The van der Waals surface area contributed by atoms with Crippen LogP contribution in [-0.4, -0.2) is 15.8 Å². The maximum atomic E-state index is 13.0. The fourth-order valence-corrected chi connectivity index (χ4v) is 3.79. The first-order chi connectivity index (χ1) is 14.7. The third-order valence-electron chi connectivity index (χ3n) is 4.45. The molecule has 4 rings (SSSR count). The van der Waals surface area contributed by atoms with Crippen LogP contribution < -0.4 is 5.32 Å². The Labute approximate surface area is 177 Å². The Morgan fingerprint density at radius 3 is 2.53 bits per heavy atom. The molecule has 1 amide bonds. The molecule has 152 valence electrons. The Morgan fingerprint density at radius 2 is 1.80 bits per heavy atom. The number of carbonyl (C=O) groups excluding carboxylic acids is 1. The van der Waals surface area contributed by atoms with Crippen molar-refractivity contribution in [3.05, 3.63) is 106 Å². The summed E-state index contributed by atoms with van der Waals surface area (Å²) in [5, 5.41) is 4.74. The van der Waals surface area contributed by atoms with Gasteiger partial charge < -0.3 is 9.73 Å². The molecule has 0 radical (unpaired) electrons. The summed E-state index contributed by atoms with van der Waals surface area (Å²) in [5.74, 6) is -0.294. The van der Waals surface area contributed by atoms with Gasteiger partial charge in [0, 0.05) is 23.7 Å². The van der Waals surface area contributed by atoms with Crippen molar-refractivity contribution in [1.29, 1.82) is 0 Å². The van der Waals surface area contributed by atoms with Gasteiger partial charge in [0.1, 0.15) is 12.1 Å². The number of nitrogens with one attached hydrogen (secondary N) is 1. The predicted octanol–water partition coefficient (Wildman–Crippen LogP) is 5.33. The van der Waals surface area contributed by atoms with E-state index in [1.54, 1.807) is 11.3 Å². The first kappa shape index (κ1) is 20.0. The second-order valence-corrected chi connectivity index (χ2v) is 7.83. The van der Waals surface area contributed by atoms with Crippen LogP contribution >= 0.6 is 11.3 Å². The van der Waals surface area contributed by atoms with Gasteiger partial charge in [-0.3, -0.25) is 9.69 Å². The molecule has 0 fully saturated rings. The smallest absolute Gasteiger partial charge is 0.277 e.